The van der Waals surface area contributed by atoms with Crippen LogP contribution in [0.3, 0.4) is 0 Å². The maximum absolute atomic E-state index is 12.5. The SMILES string of the molecule is CC(OC(=O)COc1cccc2c1OC(C)(C)C2)C(=O)N(C)Cc1ccccc1. The van der Waals surface area contributed by atoms with E-state index in [0.717, 1.165) is 17.5 Å². The molecule has 1 aliphatic heterocycles. The molecular weight excluding hydrogens is 370 g/mol. The van der Waals surface area contributed by atoms with Gasteiger partial charge in [0.2, 0.25) is 0 Å². The Kier molecular flexibility index (Phi) is 6.11. The summed E-state index contributed by atoms with van der Waals surface area (Å²) >= 11 is 0. The van der Waals surface area contributed by atoms with E-state index >= 15 is 0 Å². The van der Waals surface area contributed by atoms with E-state index in [0.29, 0.717) is 18.0 Å². The fourth-order valence-electron chi connectivity index (χ4n) is 3.36. The molecule has 0 fully saturated rings. The first-order valence-corrected chi connectivity index (χ1v) is 9.67. The van der Waals surface area contributed by atoms with Crippen molar-refractivity contribution in [1.82, 2.24) is 4.90 Å². The molecular formula is C23H27NO5. The molecule has 0 radical (unpaired) electrons. The van der Waals surface area contributed by atoms with Crippen molar-refractivity contribution in [2.45, 2.75) is 45.4 Å². The molecule has 2 aromatic rings. The Bertz CT molecular complexity index is 878. The van der Waals surface area contributed by atoms with Crippen molar-refractivity contribution < 1.29 is 23.8 Å². The second kappa shape index (κ2) is 8.55. The van der Waals surface area contributed by atoms with Crippen molar-refractivity contribution in [2.24, 2.45) is 0 Å². The van der Waals surface area contributed by atoms with E-state index in [1.54, 1.807) is 20.0 Å². The molecule has 0 aromatic heterocycles. The highest BCUT2D eigenvalue weighted by molar-refractivity contribution is 5.83. The molecule has 2 aromatic carbocycles. The first-order chi connectivity index (χ1) is 13.7. The Hall–Kier alpha value is -3.02. The number of rotatable bonds is 7. The Morgan fingerprint density at radius 2 is 1.86 bits per heavy atom. The molecule has 1 heterocycles. The average molecular weight is 397 g/mol. The van der Waals surface area contributed by atoms with Gasteiger partial charge in [0.25, 0.3) is 5.91 Å². The number of hydrogen-bond donors (Lipinski definition) is 0. The summed E-state index contributed by atoms with van der Waals surface area (Å²) in [5.74, 6) is 0.295. The second-order valence-electron chi connectivity index (χ2n) is 7.88. The van der Waals surface area contributed by atoms with Crippen molar-refractivity contribution >= 4 is 11.9 Å². The standard InChI is InChI=1S/C23H27NO5/c1-16(22(26)24(4)14-17-9-6-5-7-10-17)28-20(25)15-27-19-12-8-11-18-13-23(2,3)29-21(18)19/h5-12,16H,13-15H2,1-4H3. The highest BCUT2D eigenvalue weighted by Crippen LogP contribution is 2.41. The van der Waals surface area contributed by atoms with Crippen LogP contribution >= 0.6 is 0 Å². The minimum absolute atomic E-state index is 0.270. The van der Waals surface area contributed by atoms with E-state index in [1.165, 1.54) is 4.90 Å². The van der Waals surface area contributed by atoms with Crippen LogP contribution in [0.2, 0.25) is 0 Å². The van der Waals surface area contributed by atoms with Gasteiger partial charge in [0.05, 0.1) is 0 Å². The number of nitrogens with zero attached hydrogens (tertiary/aromatic N) is 1. The number of para-hydroxylation sites is 1. The maximum Gasteiger partial charge on any atom is 0.344 e. The molecule has 1 amide bonds. The number of fused-ring (bicyclic) bond motifs is 1. The highest BCUT2D eigenvalue weighted by Gasteiger charge is 2.32. The van der Waals surface area contributed by atoms with Crippen LogP contribution in [0.25, 0.3) is 0 Å². The van der Waals surface area contributed by atoms with Gasteiger partial charge in [-0.15, -0.1) is 0 Å². The van der Waals surface area contributed by atoms with Gasteiger partial charge in [-0.05, 0) is 32.4 Å². The van der Waals surface area contributed by atoms with Crippen molar-refractivity contribution in [1.29, 1.82) is 0 Å². The summed E-state index contributed by atoms with van der Waals surface area (Å²) in [6.45, 7) is 5.73. The molecule has 0 N–H and O–H groups in total. The zero-order chi connectivity index (χ0) is 21.0. The zero-order valence-corrected chi connectivity index (χ0v) is 17.3. The lowest BCUT2D eigenvalue weighted by molar-refractivity contribution is -0.160. The minimum Gasteiger partial charge on any atom is -0.483 e. The van der Waals surface area contributed by atoms with E-state index in [-0.39, 0.29) is 18.1 Å². The predicted octanol–water partition coefficient (Wildman–Crippen LogP) is 3.37. The zero-order valence-electron chi connectivity index (χ0n) is 17.3. The third-order valence-electron chi connectivity index (χ3n) is 4.70. The number of hydrogen-bond acceptors (Lipinski definition) is 5. The number of benzene rings is 2. The summed E-state index contributed by atoms with van der Waals surface area (Å²) in [5, 5.41) is 0. The third-order valence-corrected chi connectivity index (χ3v) is 4.70. The van der Waals surface area contributed by atoms with Crippen molar-refractivity contribution in [3.05, 3.63) is 59.7 Å². The van der Waals surface area contributed by atoms with Gasteiger partial charge in [0.1, 0.15) is 5.60 Å². The van der Waals surface area contributed by atoms with Crippen LogP contribution in [0.5, 0.6) is 11.5 Å². The van der Waals surface area contributed by atoms with Crippen LogP contribution in [0, 0.1) is 0 Å². The van der Waals surface area contributed by atoms with E-state index in [4.69, 9.17) is 14.2 Å². The number of ether oxygens (including phenoxy) is 3. The molecule has 1 unspecified atom stereocenters. The lowest BCUT2D eigenvalue weighted by atomic mass is 10.0. The summed E-state index contributed by atoms with van der Waals surface area (Å²) < 4.78 is 16.8. The molecule has 3 rings (SSSR count). The molecule has 0 saturated carbocycles. The van der Waals surface area contributed by atoms with Crippen molar-refractivity contribution in [3.63, 3.8) is 0 Å². The van der Waals surface area contributed by atoms with Crippen LogP contribution in [-0.4, -0.2) is 42.1 Å². The van der Waals surface area contributed by atoms with E-state index in [2.05, 4.69) is 0 Å². The van der Waals surface area contributed by atoms with Crippen LogP contribution in [0.4, 0.5) is 0 Å². The predicted molar refractivity (Wildman–Crippen MR) is 109 cm³/mol. The Morgan fingerprint density at radius 1 is 1.14 bits per heavy atom. The molecule has 1 atom stereocenters. The van der Waals surface area contributed by atoms with Gasteiger partial charge < -0.3 is 19.1 Å². The van der Waals surface area contributed by atoms with Gasteiger partial charge in [-0.25, -0.2) is 4.79 Å². The largest absolute Gasteiger partial charge is 0.483 e. The Balaban J connectivity index is 1.51. The maximum atomic E-state index is 12.5. The molecule has 29 heavy (non-hydrogen) atoms. The molecule has 1 aliphatic rings. The van der Waals surface area contributed by atoms with E-state index < -0.39 is 12.1 Å². The first kappa shape index (κ1) is 20.7. The summed E-state index contributed by atoms with van der Waals surface area (Å²) in [7, 11) is 1.68. The van der Waals surface area contributed by atoms with Crippen molar-refractivity contribution in [3.8, 4) is 11.5 Å². The van der Waals surface area contributed by atoms with E-state index in [1.807, 2.05) is 56.3 Å². The number of carbonyl (C=O) groups is 2. The molecule has 0 spiro atoms. The molecule has 6 heteroatoms. The fourth-order valence-corrected chi connectivity index (χ4v) is 3.36. The van der Waals surface area contributed by atoms with Crippen LogP contribution < -0.4 is 9.47 Å². The van der Waals surface area contributed by atoms with Crippen molar-refractivity contribution in [2.75, 3.05) is 13.7 Å². The Morgan fingerprint density at radius 3 is 2.59 bits per heavy atom. The number of carbonyl (C=O) groups excluding carboxylic acids is 2. The van der Waals surface area contributed by atoms with Crippen LogP contribution in [0.15, 0.2) is 48.5 Å². The van der Waals surface area contributed by atoms with Crippen LogP contribution in [0.1, 0.15) is 31.9 Å². The highest BCUT2D eigenvalue weighted by atomic mass is 16.6. The smallest absolute Gasteiger partial charge is 0.344 e. The van der Waals surface area contributed by atoms with Crippen LogP contribution in [-0.2, 0) is 27.3 Å². The van der Waals surface area contributed by atoms with Gasteiger partial charge in [-0.1, -0.05) is 42.5 Å². The van der Waals surface area contributed by atoms with Gasteiger partial charge in [-0.2, -0.15) is 0 Å². The first-order valence-electron chi connectivity index (χ1n) is 9.67. The van der Waals surface area contributed by atoms with Gasteiger partial charge in [0, 0.05) is 25.6 Å². The topological polar surface area (TPSA) is 65.1 Å². The summed E-state index contributed by atoms with van der Waals surface area (Å²) in [6.07, 6.45) is -0.111. The summed E-state index contributed by atoms with van der Waals surface area (Å²) in [5.41, 5.74) is 1.75. The minimum atomic E-state index is -0.892. The third kappa shape index (κ3) is 5.28. The Labute approximate surface area is 171 Å². The van der Waals surface area contributed by atoms with Gasteiger partial charge >= 0.3 is 5.97 Å². The number of esters is 1. The summed E-state index contributed by atoms with van der Waals surface area (Å²) in [6, 6.07) is 15.2. The lowest BCUT2D eigenvalue weighted by Crippen LogP contribution is -2.37. The molecule has 0 bridgehead atoms. The van der Waals surface area contributed by atoms with Gasteiger partial charge in [0.15, 0.2) is 24.2 Å². The second-order valence-corrected chi connectivity index (χ2v) is 7.88. The molecule has 0 saturated heterocycles. The van der Waals surface area contributed by atoms with E-state index in [9.17, 15) is 9.59 Å². The molecule has 0 aliphatic carbocycles. The quantitative estimate of drug-likeness (QED) is 0.670. The monoisotopic (exact) mass is 397 g/mol. The number of amides is 1. The molecule has 6 nitrogen and oxygen atoms in total. The summed E-state index contributed by atoms with van der Waals surface area (Å²) in [4.78, 5) is 26.2. The molecule has 154 valence electrons. The fraction of sp³-hybridized carbons (Fsp3) is 0.391. The van der Waals surface area contributed by atoms with Gasteiger partial charge in [-0.3, -0.25) is 4.79 Å². The average Bonchev–Trinajstić information content (AvgIpc) is 3.00. The number of likely N-dealkylation sites (N-methyl/N-ethyl adjacent to an activating group) is 1. The normalized spacial score (nSPS) is 15.0. The lowest BCUT2D eigenvalue weighted by Gasteiger charge is -2.22.